The van der Waals surface area contributed by atoms with Gasteiger partial charge in [-0.25, -0.2) is 9.97 Å². The minimum atomic E-state index is 0.665. The molecule has 0 aromatic carbocycles. The van der Waals surface area contributed by atoms with Crippen molar-refractivity contribution in [2.24, 2.45) is 5.92 Å². The molecule has 1 aromatic rings. The fourth-order valence-electron chi connectivity index (χ4n) is 3.16. The van der Waals surface area contributed by atoms with E-state index in [-0.39, 0.29) is 0 Å². The van der Waals surface area contributed by atoms with Gasteiger partial charge in [0.2, 0.25) is 0 Å². The van der Waals surface area contributed by atoms with E-state index in [2.05, 4.69) is 41.7 Å². The molecule has 0 aliphatic carbocycles. The van der Waals surface area contributed by atoms with Gasteiger partial charge in [-0.3, -0.25) is 0 Å². The summed E-state index contributed by atoms with van der Waals surface area (Å²) < 4.78 is 0. The van der Waals surface area contributed by atoms with Crippen molar-refractivity contribution in [3.8, 4) is 0 Å². The topological polar surface area (TPSA) is 29.0 Å². The van der Waals surface area contributed by atoms with Crippen molar-refractivity contribution in [1.29, 1.82) is 0 Å². The van der Waals surface area contributed by atoms with E-state index in [0.717, 1.165) is 29.8 Å². The second-order valence-electron chi connectivity index (χ2n) is 5.58. The Hall–Kier alpha value is -1.12. The second kappa shape index (κ2) is 5.68. The molecule has 2 unspecified atom stereocenters. The van der Waals surface area contributed by atoms with Gasteiger partial charge in [-0.1, -0.05) is 20.3 Å². The van der Waals surface area contributed by atoms with E-state index >= 15 is 0 Å². The number of rotatable bonds is 4. The maximum absolute atomic E-state index is 4.62. The van der Waals surface area contributed by atoms with Gasteiger partial charge in [-0.15, -0.1) is 0 Å². The summed E-state index contributed by atoms with van der Waals surface area (Å²) in [6.45, 7) is 9.84. The molecule has 3 heteroatoms. The normalized spacial score (nSPS) is 21.3. The van der Waals surface area contributed by atoms with Crippen molar-refractivity contribution in [1.82, 2.24) is 9.97 Å². The molecule has 0 amide bonds. The van der Waals surface area contributed by atoms with Crippen molar-refractivity contribution in [3.63, 3.8) is 0 Å². The summed E-state index contributed by atoms with van der Waals surface area (Å²) in [5, 5.41) is 0. The molecule has 0 N–H and O–H groups in total. The van der Waals surface area contributed by atoms with Crippen LogP contribution < -0.4 is 4.90 Å². The third-order valence-corrected chi connectivity index (χ3v) is 3.95. The number of aryl methyl sites for hydroxylation is 2. The molecule has 100 valence electrons. The average Bonchev–Trinajstić information content (AvgIpc) is 2.76. The van der Waals surface area contributed by atoms with Crippen LogP contribution in [0.2, 0.25) is 0 Å². The monoisotopic (exact) mass is 247 g/mol. The van der Waals surface area contributed by atoms with Gasteiger partial charge in [0.1, 0.15) is 11.6 Å². The van der Waals surface area contributed by atoms with Crippen LogP contribution in [0.4, 0.5) is 5.82 Å². The summed E-state index contributed by atoms with van der Waals surface area (Å²) in [5.74, 6) is 2.78. The van der Waals surface area contributed by atoms with Gasteiger partial charge in [0.25, 0.3) is 0 Å². The fraction of sp³-hybridized carbons (Fsp3) is 0.733. The van der Waals surface area contributed by atoms with Crippen molar-refractivity contribution in [2.45, 2.75) is 59.4 Å². The van der Waals surface area contributed by atoms with E-state index in [4.69, 9.17) is 0 Å². The zero-order chi connectivity index (χ0) is 13.1. The third kappa shape index (κ3) is 2.82. The maximum atomic E-state index is 4.62. The van der Waals surface area contributed by atoms with E-state index in [1.807, 2.05) is 6.92 Å². The van der Waals surface area contributed by atoms with Crippen LogP contribution in [0.25, 0.3) is 0 Å². The summed E-state index contributed by atoms with van der Waals surface area (Å²) in [5.41, 5.74) is 1.08. The Bertz CT molecular complexity index is 382. The Morgan fingerprint density at radius 3 is 2.83 bits per heavy atom. The lowest BCUT2D eigenvalue weighted by molar-refractivity contribution is 0.419. The SMILES string of the molecule is CCCC(C)C1CCCN1c1cc(C)nc(C)n1. The van der Waals surface area contributed by atoms with Crippen molar-refractivity contribution in [3.05, 3.63) is 17.6 Å². The van der Waals surface area contributed by atoms with Crippen LogP contribution in [0.1, 0.15) is 51.0 Å². The molecule has 0 spiro atoms. The van der Waals surface area contributed by atoms with Crippen LogP contribution in [0.15, 0.2) is 6.07 Å². The quantitative estimate of drug-likeness (QED) is 0.815. The van der Waals surface area contributed by atoms with E-state index in [0.29, 0.717) is 6.04 Å². The minimum absolute atomic E-state index is 0.665. The Kier molecular flexibility index (Phi) is 4.20. The first-order valence-electron chi connectivity index (χ1n) is 7.20. The van der Waals surface area contributed by atoms with Crippen LogP contribution in [0.5, 0.6) is 0 Å². The molecule has 2 heterocycles. The number of nitrogens with zero attached hydrogens (tertiary/aromatic N) is 3. The molecule has 1 aliphatic rings. The molecule has 1 aromatic heterocycles. The molecule has 3 nitrogen and oxygen atoms in total. The molecule has 0 saturated carbocycles. The first-order chi connectivity index (χ1) is 8.61. The van der Waals surface area contributed by atoms with Crippen LogP contribution in [-0.2, 0) is 0 Å². The highest BCUT2D eigenvalue weighted by molar-refractivity contribution is 5.42. The van der Waals surface area contributed by atoms with Crippen LogP contribution in [0, 0.1) is 19.8 Å². The first kappa shape index (κ1) is 13.3. The van der Waals surface area contributed by atoms with Crippen molar-refractivity contribution in [2.75, 3.05) is 11.4 Å². The lowest BCUT2D eigenvalue weighted by atomic mass is 9.95. The summed E-state index contributed by atoms with van der Waals surface area (Å²) in [6.07, 6.45) is 5.18. The standard InChI is InChI=1S/C15H25N3/c1-5-7-11(2)14-8-6-9-18(14)15-10-12(3)16-13(4)17-15/h10-11,14H,5-9H2,1-4H3. The van der Waals surface area contributed by atoms with E-state index in [9.17, 15) is 0 Å². The molecule has 18 heavy (non-hydrogen) atoms. The maximum Gasteiger partial charge on any atom is 0.132 e. The molecular weight excluding hydrogens is 222 g/mol. The fourth-order valence-corrected chi connectivity index (χ4v) is 3.16. The highest BCUT2D eigenvalue weighted by Crippen LogP contribution is 2.30. The predicted octanol–water partition coefficient (Wildman–Crippen LogP) is 3.50. The van der Waals surface area contributed by atoms with E-state index in [1.54, 1.807) is 0 Å². The number of anilines is 1. The first-order valence-corrected chi connectivity index (χ1v) is 7.20. The molecule has 1 fully saturated rings. The predicted molar refractivity (Wildman–Crippen MR) is 75.9 cm³/mol. The molecule has 0 radical (unpaired) electrons. The van der Waals surface area contributed by atoms with E-state index in [1.165, 1.54) is 25.7 Å². The molecule has 1 saturated heterocycles. The van der Waals surface area contributed by atoms with E-state index < -0.39 is 0 Å². The minimum Gasteiger partial charge on any atom is -0.353 e. The highest BCUT2D eigenvalue weighted by atomic mass is 15.2. The Morgan fingerprint density at radius 1 is 1.39 bits per heavy atom. The van der Waals surface area contributed by atoms with Crippen LogP contribution >= 0.6 is 0 Å². The molecular formula is C15H25N3. The zero-order valence-corrected chi connectivity index (χ0v) is 12.1. The summed E-state index contributed by atoms with van der Waals surface area (Å²) in [4.78, 5) is 11.5. The van der Waals surface area contributed by atoms with Crippen molar-refractivity contribution < 1.29 is 0 Å². The Morgan fingerprint density at radius 2 is 2.17 bits per heavy atom. The van der Waals surface area contributed by atoms with Gasteiger partial charge < -0.3 is 4.90 Å². The molecule has 2 atom stereocenters. The summed E-state index contributed by atoms with van der Waals surface area (Å²) in [6, 6.07) is 2.79. The summed E-state index contributed by atoms with van der Waals surface area (Å²) >= 11 is 0. The highest BCUT2D eigenvalue weighted by Gasteiger charge is 2.29. The molecule has 0 bridgehead atoms. The van der Waals surface area contributed by atoms with Crippen LogP contribution in [-0.4, -0.2) is 22.6 Å². The molecule has 1 aliphatic heterocycles. The second-order valence-corrected chi connectivity index (χ2v) is 5.58. The average molecular weight is 247 g/mol. The number of aromatic nitrogens is 2. The lowest BCUT2D eigenvalue weighted by Gasteiger charge is -2.30. The van der Waals surface area contributed by atoms with Gasteiger partial charge in [0, 0.05) is 24.3 Å². The van der Waals surface area contributed by atoms with Gasteiger partial charge in [0.15, 0.2) is 0 Å². The molecule has 2 rings (SSSR count). The largest absolute Gasteiger partial charge is 0.353 e. The number of hydrogen-bond acceptors (Lipinski definition) is 3. The van der Waals surface area contributed by atoms with Crippen molar-refractivity contribution >= 4 is 5.82 Å². The zero-order valence-electron chi connectivity index (χ0n) is 12.1. The van der Waals surface area contributed by atoms with Crippen LogP contribution in [0.3, 0.4) is 0 Å². The smallest absolute Gasteiger partial charge is 0.132 e. The Labute approximate surface area is 111 Å². The lowest BCUT2D eigenvalue weighted by Crippen LogP contribution is -2.35. The van der Waals surface area contributed by atoms with Gasteiger partial charge in [0.05, 0.1) is 0 Å². The van der Waals surface area contributed by atoms with Gasteiger partial charge >= 0.3 is 0 Å². The third-order valence-electron chi connectivity index (χ3n) is 3.95. The van der Waals surface area contributed by atoms with Gasteiger partial charge in [-0.2, -0.15) is 0 Å². The number of hydrogen-bond donors (Lipinski definition) is 0. The van der Waals surface area contributed by atoms with Gasteiger partial charge in [-0.05, 0) is 39.0 Å². The Balaban J connectivity index is 2.20. The summed E-state index contributed by atoms with van der Waals surface area (Å²) in [7, 11) is 0.